The van der Waals surface area contributed by atoms with Gasteiger partial charge in [0.05, 0.1) is 10.6 Å². The molecule has 3 rings (SSSR count). The van der Waals surface area contributed by atoms with Gasteiger partial charge in [0.2, 0.25) is 10.0 Å². The number of hydrogen-bond acceptors (Lipinski definition) is 4. The van der Waals surface area contributed by atoms with Crippen LogP contribution in [0.2, 0.25) is 0 Å². The number of aromatic nitrogens is 1. The van der Waals surface area contributed by atoms with Gasteiger partial charge < -0.3 is 9.88 Å². The first-order chi connectivity index (χ1) is 11.9. The van der Waals surface area contributed by atoms with Gasteiger partial charge in [0.1, 0.15) is 4.88 Å². The zero-order valence-corrected chi connectivity index (χ0v) is 15.3. The van der Waals surface area contributed by atoms with Crippen LogP contribution in [0.15, 0.2) is 65.1 Å². The zero-order chi connectivity index (χ0) is 18.0. The van der Waals surface area contributed by atoms with E-state index in [1.807, 2.05) is 40.5 Å². The number of nitrogens with zero attached hydrogens (tertiary/aromatic N) is 2. The van der Waals surface area contributed by atoms with Gasteiger partial charge in [0.25, 0.3) is 5.91 Å². The Hall–Kier alpha value is -2.42. The molecule has 0 aliphatic carbocycles. The monoisotopic (exact) mass is 375 g/mol. The lowest BCUT2D eigenvalue weighted by atomic mass is 10.3. The van der Waals surface area contributed by atoms with Crippen molar-refractivity contribution in [3.05, 3.63) is 65.1 Å². The zero-order valence-electron chi connectivity index (χ0n) is 13.7. The van der Waals surface area contributed by atoms with E-state index in [1.54, 1.807) is 12.1 Å². The van der Waals surface area contributed by atoms with Crippen molar-refractivity contribution in [3.63, 3.8) is 0 Å². The number of anilines is 1. The number of sulfonamides is 1. The van der Waals surface area contributed by atoms with Crippen molar-refractivity contribution in [2.75, 3.05) is 19.4 Å². The minimum Gasteiger partial charge on any atom is -0.322 e. The fraction of sp³-hybridized carbons (Fsp3) is 0.118. The quantitative estimate of drug-likeness (QED) is 0.745. The van der Waals surface area contributed by atoms with Gasteiger partial charge in [-0.15, -0.1) is 11.3 Å². The summed E-state index contributed by atoms with van der Waals surface area (Å²) in [6, 6.07) is 11.9. The van der Waals surface area contributed by atoms with Gasteiger partial charge in [-0.25, -0.2) is 12.7 Å². The Balaban J connectivity index is 1.87. The molecule has 8 heteroatoms. The lowest BCUT2D eigenvalue weighted by Gasteiger charge is -2.13. The molecule has 6 nitrogen and oxygen atoms in total. The van der Waals surface area contributed by atoms with Crippen molar-refractivity contribution in [2.45, 2.75) is 4.90 Å². The highest BCUT2D eigenvalue weighted by Gasteiger charge is 2.19. The Morgan fingerprint density at radius 2 is 1.84 bits per heavy atom. The molecule has 0 atom stereocenters. The van der Waals surface area contributed by atoms with Gasteiger partial charge in [-0.1, -0.05) is 6.07 Å². The third-order valence-corrected chi connectivity index (χ3v) is 6.32. The van der Waals surface area contributed by atoms with Gasteiger partial charge in [0.15, 0.2) is 0 Å². The molecular weight excluding hydrogens is 358 g/mol. The van der Waals surface area contributed by atoms with Crippen LogP contribution in [-0.4, -0.2) is 37.3 Å². The van der Waals surface area contributed by atoms with Gasteiger partial charge in [-0.05, 0) is 41.8 Å². The second-order valence-electron chi connectivity index (χ2n) is 5.49. The first-order valence-electron chi connectivity index (χ1n) is 7.44. The molecule has 3 aromatic rings. The minimum atomic E-state index is -3.55. The average molecular weight is 375 g/mol. The molecule has 2 aromatic heterocycles. The van der Waals surface area contributed by atoms with Crippen LogP contribution in [0.5, 0.6) is 0 Å². The van der Waals surface area contributed by atoms with Crippen LogP contribution in [0.25, 0.3) is 5.69 Å². The molecule has 1 aromatic carbocycles. The van der Waals surface area contributed by atoms with E-state index in [0.29, 0.717) is 10.6 Å². The summed E-state index contributed by atoms with van der Waals surface area (Å²) in [4.78, 5) is 13.3. The first kappa shape index (κ1) is 17.4. The van der Waals surface area contributed by atoms with E-state index in [4.69, 9.17) is 0 Å². The van der Waals surface area contributed by atoms with Crippen LogP contribution < -0.4 is 5.32 Å². The van der Waals surface area contributed by atoms with E-state index in [9.17, 15) is 13.2 Å². The van der Waals surface area contributed by atoms with Gasteiger partial charge in [-0.2, -0.15) is 0 Å². The molecule has 0 saturated carbocycles. The van der Waals surface area contributed by atoms with E-state index in [1.165, 1.54) is 37.6 Å². The van der Waals surface area contributed by atoms with Crippen LogP contribution in [0, 0.1) is 0 Å². The molecule has 0 aliphatic rings. The van der Waals surface area contributed by atoms with Crippen LogP contribution in [0.3, 0.4) is 0 Å². The maximum atomic E-state index is 12.6. The third kappa shape index (κ3) is 3.51. The molecule has 0 radical (unpaired) electrons. The Kier molecular flexibility index (Phi) is 4.76. The number of rotatable bonds is 5. The molecule has 0 saturated heterocycles. The number of hydrogen-bond donors (Lipinski definition) is 1. The first-order valence-corrected chi connectivity index (χ1v) is 9.76. The standard InChI is InChI=1S/C17H17N3O3S2/c1-19(2)25(22,23)14-7-5-6-13(12-14)18-17(21)16-15(8-11-24-16)20-9-3-4-10-20/h3-12H,1-2H3,(H,18,21). The number of carbonyl (C=O) groups excluding carboxylic acids is 1. The van der Waals surface area contributed by atoms with E-state index in [2.05, 4.69) is 5.32 Å². The highest BCUT2D eigenvalue weighted by Crippen LogP contribution is 2.24. The summed E-state index contributed by atoms with van der Waals surface area (Å²) in [6.45, 7) is 0. The van der Waals surface area contributed by atoms with Crippen molar-refractivity contribution in [1.82, 2.24) is 8.87 Å². The molecule has 0 unspecified atom stereocenters. The summed E-state index contributed by atoms with van der Waals surface area (Å²) in [7, 11) is -0.616. The Morgan fingerprint density at radius 1 is 1.12 bits per heavy atom. The van der Waals surface area contributed by atoms with Crippen molar-refractivity contribution in [2.24, 2.45) is 0 Å². The smallest absolute Gasteiger partial charge is 0.267 e. The van der Waals surface area contributed by atoms with Crippen LogP contribution in [-0.2, 0) is 10.0 Å². The summed E-state index contributed by atoms with van der Waals surface area (Å²) in [6.07, 6.45) is 3.73. The van der Waals surface area contributed by atoms with Crippen molar-refractivity contribution in [1.29, 1.82) is 0 Å². The highest BCUT2D eigenvalue weighted by molar-refractivity contribution is 7.89. The van der Waals surface area contributed by atoms with E-state index in [0.717, 1.165) is 9.99 Å². The molecule has 1 N–H and O–H groups in total. The van der Waals surface area contributed by atoms with Crippen LogP contribution in [0.4, 0.5) is 5.69 Å². The molecule has 0 spiro atoms. The van der Waals surface area contributed by atoms with Crippen LogP contribution >= 0.6 is 11.3 Å². The Morgan fingerprint density at radius 3 is 2.52 bits per heavy atom. The topological polar surface area (TPSA) is 71.4 Å². The van der Waals surface area contributed by atoms with Gasteiger partial charge in [-0.3, -0.25) is 4.79 Å². The average Bonchev–Trinajstić information content (AvgIpc) is 3.26. The maximum Gasteiger partial charge on any atom is 0.267 e. The highest BCUT2D eigenvalue weighted by atomic mass is 32.2. The van der Waals surface area contributed by atoms with Gasteiger partial charge >= 0.3 is 0 Å². The molecule has 0 fully saturated rings. The molecule has 0 bridgehead atoms. The number of carbonyl (C=O) groups is 1. The van der Waals surface area contributed by atoms with Crippen molar-refractivity contribution in [3.8, 4) is 5.69 Å². The summed E-state index contributed by atoms with van der Waals surface area (Å²) >= 11 is 1.33. The second kappa shape index (κ2) is 6.83. The van der Waals surface area contributed by atoms with E-state index < -0.39 is 10.0 Å². The summed E-state index contributed by atoms with van der Waals surface area (Å²) in [5, 5.41) is 4.62. The Bertz CT molecular complexity index is 990. The summed E-state index contributed by atoms with van der Waals surface area (Å²) in [5.74, 6) is -0.280. The molecule has 1 amide bonds. The lowest BCUT2D eigenvalue weighted by Crippen LogP contribution is -2.22. The van der Waals surface area contributed by atoms with Crippen molar-refractivity contribution >= 4 is 33.0 Å². The fourth-order valence-corrected chi connectivity index (χ4v) is 4.04. The molecule has 2 heterocycles. The second-order valence-corrected chi connectivity index (χ2v) is 8.56. The predicted molar refractivity (Wildman–Crippen MR) is 98.9 cm³/mol. The fourth-order valence-electron chi connectivity index (χ4n) is 2.30. The number of nitrogens with one attached hydrogen (secondary N) is 1. The maximum absolute atomic E-state index is 12.6. The molecule has 0 aliphatic heterocycles. The van der Waals surface area contributed by atoms with Gasteiger partial charge in [0, 0.05) is 32.2 Å². The van der Waals surface area contributed by atoms with E-state index in [-0.39, 0.29) is 10.8 Å². The third-order valence-electron chi connectivity index (χ3n) is 3.60. The largest absolute Gasteiger partial charge is 0.322 e. The lowest BCUT2D eigenvalue weighted by molar-refractivity contribution is 0.103. The van der Waals surface area contributed by atoms with Crippen LogP contribution in [0.1, 0.15) is 9.67 Å². The molecular formula is C17H17N3O3S2. The Labute approximate surface area is 150 Å². The number of benzene rings is 1. The summed E-state index contributed by atoms with van der Waals surface area (Å²) < 4.78 is 27.4. The van der Waals surface area contributed by atoms with Crippen molar-refractivity contribution < 1.29 is 13.2 Å². The number of amides is 1. The van der Waals surface area contributed by atoms with E-state index >= 15 is 0 Å². The predicted octanol–water partition coefficient (Wildman–Crippen LogP) is 3.04. The minimum absolute atomic E-state index is 0.132. The normalized spacial score (nSPS) is 11.6. The summed E-state index contributed by atoms with van der Waals surface area (Å²) in [5.41, 5.74) is 1.21. The molecule has 25 heavy (non-hydrogen) atoms. The molecule has 130 valence electrons. The SMILES string of the molecule is CN(C)S(=O)(=O)c1cccc(NC(=O)c2sccc2-n2cccc2)c1. The number of thiophene rings is 1.